The highest BCUT2D eigenvalue weighted by molar-refractivity contribution is 7.98. The lowest BCUT2D eigenvalue weighted by molar-refractivity contribution is 0.00190. The summed E-state index contributed by atoms with van der Waals surface area (Å²) in [4.78, 5) is 20.0. The van der Waals surface area contributed by atoms with Gasteiger partial charge in [-0.3, -0.25) is 9.69 Å². The van der Waals surface area contributed by atoms with E-state index in [9.17, 15) is 4.79 Å². The van der Waals surface area contributed by atoms with Crippen LogP contribution in [0.4, 0.5) is 0 Å². The maximum atomic E-state index is 13.1. The highest BCUT2D eigenvalue weighted by Gasteiger charge is 2.27. The van der Waals surface area contributed by atoms with Gasteiger partial charge in [0.25, 0.3) is 5.91 Å². The number of nitrogens with one attached hydrogen (secondary N) is 1. The summed E-state index contributed by atoms with van der Waals surface area (Å²) in [6.07, 6.45) is 3.92. The molecule has 0 aliphatic carbocycles. The van der Waals surface area contributed by atoms with E-state index in [-0.39, 0.29) is 5.91 Å². The molecule has 0 saturated carbocycles. The summed E-state index contributed by atoms with van der Waals surface area (Å²) < 4.78 is 10.8. The summed E-state index contributed by atoms with van der Waals surface area (Å²) in [5.41, 5.74) is 2.55. The molecule has 3 heterocycles. The maximum absolute atomic E-state index is 13.1. The summed E-state index contributed by atoms with van der Waals surface area (Å²) in [5.74, 6) is 1.95. The van der Waals surface area contributed by atoms with Crippen LogP contribution in [0.3, 0.4) is 0 Å². The van der Waals surface area contributed by atoms with E-state index < -0.39 is 0 Å². The monoisotopic (exact) mass is 446 g/mol. The van der Waals surface area contributed by atoms with Crippen molar-refractivity contribution < 1.29 is 14.1 Å². The average molecular weight is 447 g/mol. The molecule has 0 aromatic carbocycles. The van der Waals surface area contributed by atoms with Gasteiger partial charge >= 0.3 is 0 Å². The number of rotatable bonds is 10. The van der Waals surface area contributed by atoms with Crippen LogP contribution in [0.5, 0.6) is 0 Å². The van der Waals surface area contributed by atoms with Gasteiger partial charge in [0.15, 0.2) is 0 Å². The van der Waals surface area contributed by atoms with Crippen LogP contribution in [-0.4, -0.2) is 59.8 Å². The van der Waals surface area contributed by atoms with Crippen LogP contribution in [0.2, 0.25) is 0 Å². The minimum atomic E-state index is -0.0708. The largest absolute Gasteiger partial charge is 0.379 e. The van der Waals surface area contributed by atoms with Crippen LogP contribution in [-0.2, 0) is 10.5 Å². The van der Waals surface area contributed by atoms with Gasteiger partial charge in [0.05, 0.1) is 24.5 Å². The SMILES string of the molecule is CCC(CC)C(CNC(=O)c1cccnc1SCc1c(C)noc1C)N1CCOCC1. The number of amides is 1. The molecule has 8 heteroatoms. The van der Waals surface area contributed by atoms with Crippen molar-refractivity contribution in [3.63, 3.8) is 0 Å². The molecule has 1 unspecified atom stereocenters. The molecule has 2 aromatic rings. The number of carbonyl (C=O) groups is 1. The highest BCUT2D eigenvalue weighted by Crippen LogP contribution is 2.27. The molecular weight excluding hydrogens is 412 g/mol. The Bertz CT molecular complexity index is 828. The minimum Gasteiger partial charge on any atom is -0.379 e. The Labute approximate surface area is 189 Å². The van der Waals surface area contributed by atoms with Crippen LogP contribution in [0.1, 0.15) is 54.1 Å². The second-order valence-corrected chi connectivity index (χ2v) is 8.91. The van der Waals surface area contributed by atoms with Crippen molar-refractivity contribution in [1.29, 1.82) is 0 Å². The number of ether oxygens (including phenoxy) is 1. The Kier molecular flexibility index (Phi) is 8.92. The Morgan fingerprint density at radius 3 is 2.65 bits per heavy atom. The van der Waals surface area contributed by atoms with Gasteiger partial charge in [-0.05, 0) is 31.9 Å². The zero-order valence-corrected chi connectivity index (χ0v) is 19.8. The first-order valence-electron chi connectivity index (χ1n) is 11.1. The predicted molar refractivity (Wildman–Crippen MR) is 122 cm³/mol. The van der Waals surface area contributed by atoms with Crippen LogP contribution in [0, 0.1) is 19.8 Å². The quantitative estimate of drug-likeness (QED) is 0.555. The van der Waals surface area contributed by atoms with Crippen molar-refractivity contribution >= 4 is 17.7 Å². The van der Waals surface area contributed by atoms with E-state index in [1.54, 1.807) is 18.0 Å². The first-order chi connectivity index (χ1) is 15.0. The van der Waals surface area contributed by atoms with E-state index in [0.29, 0.717) is 29.8 Å². The van der Waals surface area contributed by atoms with Crippen LogP contribution in [0.25, 0.3) is 0 Å². The Hall–Kier alpha value is -1.90. The van der Waals surface area contributed by atoms with Gasteiger partial charge in [0.2, 0.25) is 0 Å². The van der Waals surface area contributed by atoms with Gasteiger partial charge in [0, 0.05) is 43.2 Å². The number of morpholine rings is 1. The van der Waals surface area contributed by atoms with Crippen molar-refractivity contribution in [3.05, 3.63) is 40.9 Å². The molecule has 1 aliphatic heterocycles. The molecule has 0 bridgehead atoms. The normalized spacial score (nSPS) is 15.9. The second kappa shape index (κ2) is 11.6. The smallest absolute Gasteiger partial charge is 0.254 e. The fourth-order valence-electron chi connectivity index (χ4n) is 4.16. The topological polar surface area (TPSA) is 80.5 Å². The van der Waals surface area contributed by atoms with Gasteiger partial charge in [0.1, 0.15) is 10.8 Å². The number of thioether (sulfide) groups is 1. The van der Waals surface area contributed by atoms with Gasteiger partial charge in [-0.2, -0.15) is 0 Å². The fraction of sp³-hybridized carbons (Fsp3) is 0.609. The maximum Gasteiger partial charge on any atom is 0.254 e. The van der Waals surface area contributed by atoms with Crippen molar-refractivity contribution in [2.45, 2.75) is 57.4 Å². The van der Waals surface area contributed by atoms with Crippen molar-refractivity contribution in [2.24, 2.45) is 5.92 Å². The number of aromatic nitrogens is 2. The number of hydrogen-bond donors (Lipinski definition) is 1. The van der Waals surface area contributed by atoms with Crippen LogP contribution in [0.15, 0.2) is 27.9 Å². The molecule has 31 heavy (non-hydrogen) atoms. The molecule has 7 nitrogen and oxygen atoms in total. The average Bonchev–Trinajstić information content (AvgIpc) is 3.13. The number of aryl methyl sites for hydroxylation is 2. The first kappa shape index (κ1) is 23.8. The molecule has 1 amide bonds. The number of carbonyl (C=O) groups excluding carboxylic acids is 1. The summed E-state index contributed by atoms with van der Waals surface area (Å²) in [5, 5.41) is 7.93. The second-order valence-electron chi connectivity index (χ2n) is 7.95. The standard InChI is InChI=1S/C23H34N4O3S/c1-5-18(6-2)21(27-10-12-29-13-11-27)14-25-22(28)19-8-7-9-24-23(19)31-15-20-16(3)26-30-17(20)4/h7-9,18,21H,5-6,10-15H2,1-4H3,(H,25,28). The Balaban J connectivity index is 1.67. The Morgan fingerprint density at radius 2 is 2.00 bits per heavy atom. The van der Waals surface area contributed by atoms with E-state index in [4.69, 9.17) is 9.26 Å². The van der Waals surface area contributed by atoms with E-state index in [2.05, 4.69) is 34.2 Å². The molecular formula is C23H34N4O3S. The summed E-state index contributed by atoms with van der Waals surface area (Å²) in [6, 6.07) is 3.98. The Morgan fingerprint density at radius 1 is 1.26 bits per heavy atom. The number of hydrogen-bond acceptors (Lipinski definition) is 7. The molecule has 1 aliphatic rings. The lowest BCUT2D eigenvalue weighted by atomic mass is 9.92. The van der Waals surface area contributed by atoms with Gasteiger partial charge in [-0.25, -0.2) is 4.98 Å². The van der Waals surface area contributed by atoms with Crippen LogP contribution >= 0.6 is 11.8 Å². The number of nitrogens with zero attached hydrogens (tertiary/aromatic N) is 3. The van der Waals surface area contributed by atoms with E-state index in [1.165, 1.54) is 0 Å². The van der Waals surface area contributed by atoms with Gasteiger partial charge in [-0.1, -0.05) is 31.8 Å². The third-order valence-electron chi connectivity index (χ3n) is 6.13. The van der Waals surface area contributed by atoms with E-state index in [1.807, 2.05) is 26.0 Å². The molecule has 0 spiro atoms. The molecule has 1 fully saturated rings. The molecule has 2 aromatic heterocycles. The van der Waals surface area contributed by atoms with E-state index >= 15 is 0 Å². The van der Waals surface area contributed by atoms with Crippen molar-refractivity contribution in [1.82, 2.24) is 20.4 Å². The summed E-state index contributed by atoms with van der Waals surface area (Å²) in [7, 11) is 0. The molecule has 1 saturated heterocycles. The lowest BCUT2D eigenvalue weighted by Gasteiger charge is -2.38. The van der Waals surface area contributed by atoms with Gasteiger partial charge < -0.3 is 14.6 Å². The molecule has 170 valence electrons. The van der Waals surface area contributed by atoms with Gasteiger partial charge in [-0.15, -0.1) is 11.8 Å². The zero-order valence-electron chi connectivity index (χ0n) is 19.0. The van der Waals surface area contributed by atoms with Crippen LogP contribution < -0.4 is 5.32 Å². The predicted octanol–water partition coefficient (Wildman–Crippen LogP) is 3.85. The fourth-order valence-corrected chi connectivity index (χ4v) is 5.30. The molecule has 0 radical (unpaired) electrons. The lowest BCUT2D eigenvalue weighted by Crippen LogP contribution is -2.52. The van der Waals surface area contributed by atoms with E-state index in [0.717, 1.165) is 61.2 Å². The highest BCUT2D eigenvalue weighted by atomic mass is 32.2. The number of pyridine rings is 1. The summed E-state index contributed by atoms with van der Waals surface area (Å²) >= 11 is 1.54. The zero-order chi connectivity index (χ0) is 22.2. The molecule has 3 rings (SSSR count). The summed E-state index contributed by atoms with van der Waals surface area (Å²) in [6.45, 7) is 12.3. The third kappa shape index (κ3) is 6.08. The molecule has 1 atom stereocenters. The molecule has 1 N–H and O–H groups in total. The third-order valence-corrected chi connectivity index (χ3v) is 7.16. The first-order valence-corrected chi connectivity index (χ1v) is 12.1. The van der Waals surface area contributed by atoms with Crippen molar-refractivity contribution in [3.8, 4) is 0 Å². The van der Waals surface area contributed by atoms with Crippen molar-refractivity contribution in [2.75, 3.05) is 32.8 Å². The minimum absolute atomic E-state index is 0.0708.